The Balaban J connectivity index is 1.77. The van der Waals surface area contributed by atoms with E-state index >= 15 is 0 Å². The third kappa shape index (κ3) is 2.16. The minimum Gasteiger partial charge on any atom is -0.326 e. The highest BCUT2D eigenvalue weighted by molar-refractivity contribution is 5.26. The molecule has 0 amide bonds. The zero-order valence-corrected chi connectivity index (χ0v) is 10.3. The topological polar surface area (TPSA) is 44.9 Å². The van der Waals surface area contributed by atoms with Crippen molar-refractivity contribution < 1.29 is 0 Å². The Morgan fingerprint density at radius 3 is 2.94 bits per heavy atom. The lowest BCUT2D eigenvalue weighted by molar-refractivity contribution is 0.215. The van der Waals surface area contributed by atoms with Gasteiger partial charge in [0.25, 0.3) is 0 Å². The van der Waals surface area contributed by atoms with E-state index in [1.807, 2.05) is 6.07 Å². The molecule has 1 atom stereocenters. The first-order valence-corrected chi connectivity index (χ1v) is 6.70. The number of aromatic amines is 1. The van der Waals surface area contributed by atoms with Crippen LogP contribution >= 0.6 is 0 Å². The molecule has 2 N–H and O–H groups in total. The number of pyridine rings is 1. The van der Waals surface area contributed by atoms with Crippen LogP contribution in [0.2, 0.25) is 0 Å². The number of rotatable bonds is 2. The minimum absolute atomic E-state index is 0.0293. The van der Waals surface area contributed by atoms with Crippen LogP contribution in [0.3, 0.4) is 0 Å². The first kappa shape index (κ1) is 11.0. The Morgan fingerprint density at radius 2 is 2.18 bits per heavy atom. The van der Waals surface area contributed by atoms with Gasteiger partial charge in [-0.15, -0.1) is 0 Å². The van der Waals surface area contributed by atoms with Gasteiger partial charge in [-0.05, 0) is 43.6 Å². The predicted molar refractivity (Wildman–Crippen MR) is 68.1 cm³/mol. The lowest BCUT2D eigenvalue weighted by Crippen LogP contribution is -2.43. The lowest BCUT2D eigenvalue weighted by Gasteiger charge is -2.38. The average Bonchev–Trinajstić information content (AvgIpc) is 2.27. The Hall–Kier alpha value is -1.09. The van der Waals surface area contributed by atoms with Crippen molar-refractivity contribution in [3.05, 3.63) is 33.7 Å². The van der Waals surface area contributed by atoms with Crippen LogP contribution in [-0.4, -0.2) is 11.0 Å². The molecule has 0 radical (unpaired) electrons. The molecule has 3 heteroatoms. The maximum atomic E-state index is 11.3. The van der Waals surface area contributed by atoms with E-state index in [1.165, 1.54) is 31.2 Å². The van der Waals surface area contributed by atoms with Gasteiger partial charge in [0.05, 0.1) is 0 Å². The van der Waals surface area contributed by atoms with Crippen molar-refractivity contribution in [2.75, 3.05) is 0 Å². The van der Waals surface area contributed by atoms with Crippen molar-refractivity contribution in [1.29, 1.82) is 0 Å². The molecule has 1 aromatic heterocycles. The van der Waals surface area contributed by atoms with Crippen LogP contribution in [0, 0.1) is 5.92 Å². The molecule has 2 aliphatic carbocycles. The fraction of sp³-hybridized carbons (Fsp3) is 0.643. The highest BCUT2D eigenvalue weighted by Crippen LogP contribution is 2.33. The summed E-state index contributed by atoms with van der Waals surface area (Å²) in [6.07, 6.45) is 5.99. The maximum absolute atomic E-state index is 11.3. The van der Waals surface area contributed by atoms with Crippen molar-refractivity contribution in [3.8, 4) is 0 Å². The summed E-state index contributed by atoms with van der Waals surface area (Å²) in [6, 6.07) is 4.80. The Kier molecular flexibility index (Phi) is 2.79. The van der Waals surface area contributed by atoms with Crippen molar-refractivity contribution in [2.45, 2.75) is 51.1 Å². The number of aromatic nitrogens is 1. The number of nitrogens with one attached hydrogen (secondary N) is 2. The van der Waals surface area contributed by atoms with Gasteiger partial charge in [0.2, 0.25) is 5.56 Å². The summed E-state index contributed by atoms with van der Waals surface area (Å²) in [5.41, 5.74) is 2.49. The molecule has 0 bridgehead atoms. The Labute approximate surface area is 102 Å². The number of fused-ring (bicyclic) bond motifs is 1. The molecule has 3 rings (SSSR count). The number of H-pyrrole nitrogens is 1. The number of aryl methyl sites for hydroxylation is 1. The van der Waals surface area contributed by atoms with Crippen LogP contribution < -0.4 is 10.9 Å². The van der Waals surface area contributed by atoms with Crippen LogP contribution in [0.5, 0.6) is 0 Å². The van der Waals surface area contributed by atoms with Gasteiger partial charge in [0.15, 0.2) is 0 Å². The number of hydrogen-bond donors (Lipinski definition) is 2. The van der Waals surface area contributed by atoms with E-state index in [9.17, 15) is 4.79 Å². The van der Waals surface area contributed by atoms with Gasteiger partial charge < -0.3 is 10.3 Å². The first-order chi connectivity index (χ1) is 8.22. The molecule has 0 aromatic carbocycles. The molecule has 1 unspecified atom stereocenters. The molecule has 3 nitrogen and oxygen atoms in total. The monoisotopic (exact) mass is 232 g/mol. The second-order valence-electron chi connectivity index (χ2n) is 5.64. The summed E-state index contributed by atoms with van der Waals surface area (Å²) in [7, 11) is 0. The van der Waals surface area contributed by atoms with Crippen LogP contribution in [0.25, 0.3) is 0 Å². The molecule has 0 aliphatic heterocycles. The molecular weight excluding hydrogens is 212 g/mol. The third-order valence-electron chi connectivity index (χ3n) is 4.14. The summed E-state index contributed by atoms with van der Waals surface area (Å²) in [5, 5.41) is 3.74. The summed E-state index contributed by atoms with van der Waals surface area (Å²) in [4.78, 5) is 14.3. The lowest BCUT2D eigenvalue weighted by atomic mass is 9.80. The third-order valence-corrected chi connectivity index (χ3v) is 4.14. The molecule has 1 fully saturated rings. The van der Waals surface area contributed by atoms with E-state index in [0.29, 0.717) is 12.1 Å². The van der Waals surface area contributed by atoms with Crippen molar-refractivity contribution in [3.63, 3.8) is 0 Å². The average molecular weight is 232 g/mol. The summed E-state index contributed by atoms with van der Waals surface area (Å²) in [5.74, 6) is 0.881. The maximum Gasteiger partial charge on any atom is 0.248 e. The zero-order valence-electron chi connectivity index (χ0n) is 10.3. The van der Waals surface area contributed by atoms with E-state index in [-0.39, 0.29) is 5.56 Å². The fourth-order valence-electron chi connectivity index (χ4n) is 3.20. The van der Waals surface area contributed by atoms with Crippen molar-refractivity contribution in [1.82, 2.24) is 10.3 Å². The summed E-state index contributed by atoms with van der Waals surface area (Å²) < 4.78 is 0. The van der Waals surface area contributed by atoms with Gasteiger partial charge in [-0.25, -0.2) is 0 Å². The first-order valence-electron chi connectivity index (χ1n) is 6.70. The zero-order chi connectivity index (χ0) is 11.8. The smallest absolute Gasteiger partial charge is 0.248 e. The van der Waals surface area contributed by atoms with Gasteiger partial charge in [-0.3, -0.25) is 4.79 Å². The van der Waals surface area contributed by atoms with Gasteiger partial charge in [-0.1, -0.05) is 13.0 Å². The molecule has 1 aromatic rings. The molecule has 17 heavy (non-hydrogen) atoms. The fourth-order valence-corrected chi connectivity index (χ4v) is 3.20. The molecule has 0 spiro atoms. The van der Waals surface area contributed by atoms with Gasteiger partial charge in [-0.2, -0.15) is 0 Å². The normalized spacial score (nSPS) is 31.7. The molecule has 1 heterocycles. The molecular formula is C14H20N2O. The summed E-state index contributed by atoms with van der Waals surface area (Å²) >= 11 is 0. The van der Waals surface area contributed by atoms with E-state index in [4.69, 9.17) is 0 Å². The van der Waals surface area contributed by atoms with Gasteiger partial charge >= 0.3 is 0 Å². The van der Waals surface area contributed by atoms with E-state index in [0.717, 1.165) is 18.0 Å². The van der Waals surface area contributed by atoms with E-state index < -0.39 is 0 Å². The predicted octanol–water partition coefficient (Wildman–Crippen LogP) is 2.14. The van der Waals surface area contributed by atoms with E-state index in [2.05, 4.69) is 17.2 Å². The van der Waals surface area contributed by atoms with Crippen LogP contribution in [-0.2, 0) is 6.42 Å². The standard InChI is InChI=1S/C14H20N2O/c1-9-7-10(8-9)15-12-3-2-4-13-11(12)5-6-14(17)16-13/h5-6,9-10,12,15H,2-4,7-8H2,1H3,(H,16,17). The minimum atomic E-state index is 0.0293. The molecule has 2 aliphatic rings. The van der Waals surface area contributed by atoms with Gasteiger partial charge in [0.1, 0.15) is 0 Å². The second kappa shape index (κ2) is 4.30. The van der Waals surface area contributed by atoms with Crippen molar-refractivity contribution >= 4 is 0 Å². The highest BCUT2D eigenvalue weighted by Gasteiger charge is 2.29. The van der Waals surface area contributed by atoms with Crippen LogP contribution in [0.15, 0.2) is 16.9 Å². The van der Waals surface area contributed by atoms with Gasteiger partial charge in [0, 0.05) is 23.8 Å². The largest absolute Gasteiger partial charge is 0.326 e. The quantitative estimate of drug-likeness (QED) is 0.820. The van der Waals surface area contributed by atoms with Crippen LogP contribution in [0.4, 0.5) is 0 Å². The van der Waals surface area contributed by atoms with Crippen molar-refractivity contribution in [2.24, 2.45) is 5.92 Å². The second-order valence-corrected chi connectivity index (χ2v) is 5.64. The Bertz CT molecular complexity index is 460. The Morgan fingerprint density at radius 1 is 1.35 bits per heavy atom. The highest BCUT2D eigenvalue weighted by atomic mass is 16.1. The SMILES string of the molecule is CC1CC(NC2CCCc3[nH]c(=O)ccc32)C1. The molecule has 1 saturated carbocycles. The summed E-state index contributed by atoms with van der Waals surface area (Å²) in [6.45, 7) is 2.31. The van der Waals surface area contributed by atoms with Crippen LogP contribution in [0.1, 0.15) is 49.9 Å². The number of hydrogen-bond acceptors (Lipinski definition) is 2. The molecule has 92 valence electrons. The van der Waals surface area contributed by atoms with E-state index in [1.54, 1.807) is 6.07 Å². The molecule has 0 saturated heterocycles.